The number of oxazole rings is 1. The molecular weight excluding hydrogens is 600 g/mol. The van der Waals surface area contributed by atoms with Gasteiger partial charge >= 0.3 is 0 Å². The maximum Gasteiger partial charge on any atom is 0.248 e. The van der Waals surface area contributed by atoms with Crippen molar-refractivity contribution in [3.63, 3.8) is 0 Å². The molecule has 0 amide bonds. The topological polar surface area (TPSA) is 144 Å². The standard InChI is InChI=1S/C36H42N4O5S/c41-31-13-11-29(30-12-14-33(43)40-34(30)31)32(42)22-38-17-15-24-19-28(46-23-24)21-37-18-16-27-20-39-35(45-27)36(44,25-7-3-1-4-8-25)26-9-5-2-6-10-26/h1,3-4,7-8,11-14,19-20,23,26,32,37-38,41-42,44H,2,5-6,9-10,15-18,21-22H2,(H,40,43)/t32-,36-/m0/s1. The highest BCUT2D eigenvalue weighted by molar-refractivity contribution is 7.10. The summed E-state index contributed by atoms with van der Waals surface area (Å²) in [7, 11) is 0. The molecule has 6 rings (SSSR count). The Kier molecular flexibility index (Phi) is 10.3. The third-order valence-electron chi connectivity index (χ3n) is 9.04. The van der Waals surface area contributed by atoms with E-state index in [2.05, 4.69) is 32.0 Å². The molecule has 2 atom stereocenters. The molecule has 0 spiro atoms. The van der Waals surface area contributed by atoms with Crippen LogP contribution in [0.3, 0.4) is 0 Å². The van der Waals surface area contributed by atoms with Gasteiger partial charge in [-0.2, -0.15) is 0 Å². The Hall–Kier alpha value is -3.80. The Morgan fingerprint density at radius 1 is 1.02 bits per heavy atom. The molecule has 0 aliphatic heterocycles. The smallest absolute Gasteiger partial charge is 0.248 e. The SMILES string of the molecule is O=c1ccc2c([C@@H](O)CNCCc3csc(CNCCc4cnc([C@](O)(c5ccccc5)C5CCCCC5)o4)c3)ccc(O)c2[nH]1. The molecule has 1 aliphatic rings. The Labute approximate surface area is 272 Å². The van der Waals surface area contributed by atoms with Crippen molar-refractivity contribution in [1.29, 1.82) is 0 Å². The van der Waals surface area contributed by atoms with Crippen LogP contribution in [0, 0.1) is 5.92 Å². The zero-order valence-electron chi connectivity index (χ0n) is 25.9. The van der Waals surface area contributed by atoms with Crippen molar-refractivity contribution in [1.82, 2.24) is 20.6 Å². The average molecular weight is 643 g/mol. The number of aliphatic hydroxyl groups is 2. The lowest BCUT2D eigenvalue weighted by atomic mass is 9.73. The van der Waals surface area contributed by atoms with Gasteiger partial charge in [0.05, 0.1) is 17.8 Å². The monoisotopic (exact) mass is 642 g/mol. The highest BCUT2D eigenvalue weighted by Crippen LogP contribution is 2.43. The van der Waals surface area contributed by atoms with Gasteiger partial charge in [-0.25, -0.2) is 4.98 Å². The van der Waals surface area contributed by atoms with Crippen LogP contribution in [0.25, 0.3) is 10.9 Å². The lowest BCUT2D eigenvalue weighted by molar-refractivity contribution is -0.0238. The summed E-state index contributed by atoms with van der Waals surface area (Å²) in [6.45, 7) is 2.54. The van der Waals surface area contributed by atoms with Gasteiger partial charge in [-0.1, -0.05) is 55.7 Å². The minimum Gasteiger partial charge on any atom is -0.506 e. The van der Waals surface area contributed by atoms with Gasteiger partial charge in [0.25, 0.3) is 0 Å². The fraction of sp³-hybridized carbons (Fsp3) is 0.389. The van der Waals surface area contributed by atoms with Crippen LogP contribution in [-0.2, 0) is 25.0 Å². The molecule has 3 heterocycles. The molecule has 6 N–H and O–H groups in total. The molecule has 2 aromatic carbocycles. The highest BCUT2D eigenvalue weighted by atomic mass is 32.1. The molecule has 1 fully saturated rings. The van der Waals surface area contributed by atoms with Crippen molar-refractivity contribution in [2.45, 2.75) is 63.2 Å². The minimum absolute atomic E-state index is 0.0204. The van der Waals surface area contributed by atoms with Gasteiger partial charge in [0.2, 0.25) is 11.4 Å². The second-order valence-electron chi connectivity index (χ2n) is 12.2. The number of rotatable bonds is 14. The predicted octanol–water partition coefficient (Wildman–Crippen LogP) is 5.30. The van der Waals surface area contributed by atoms with Crippen molar-refractivity contribution < 1.29 is 19.7 Å². The molecule has 0 saturated heterocycles. The molecule has 1 aliphatic carbocycles. The minimum atomic E-state index is -1.21. The summed E-state index contributed by atoms with van der Waals surface area (Å²) >= 11 is 1.72. The van der Waals surface area contributed by atoms with E-state index < -0.39 is 11.7 Å². The number of nitrogens with zero attached hydrogens (tertiary/aromatic N) is 1. The average Bonchev–Trinajstić information content (AvgIpc) is 3.76. The van der Waals surface area contributed by atoms with E-state index in [1.807, 2.05) is 30.3 Å². The van der Waals surface area contributed by atoms with E-state index in [0.717, 1.165) is 56.5 Å². The summed E-state index contributed by atoms with van der Waals surface area (Å²) in [5.74, 6) is 1.24. The van der Waals surface area contributed by atoms with Crippen molar-refractivity contribution in [3.05, 3.63) is 116 Å². The zero-order valence-corrected chi connectivity index (χ0v) is 26.7. The number of aromatic hydroxyl groups is 1. The van der Waals surface area contributed by atoms with Crippen LogP contribution >= 0.6 is 11.3 Å². The van der Waals surface area contributed by atoms with Crippen LogP contribution in [0.15, 0.2) is 81.5 Å². The van der Waals surface area contributed by atoms with Gasteiger partial charge in [-0.15, -0.1) is 11.3 Å². The number of aliphatic hydroxyl groups excluding tert-OH is 1. The van der Waals surface area contributed by atoms with Crippen LogP contribution in [0.4, 0.5) is 0 Å². The molecule has 3 aromatic heterocycles. The molecule has 9 nitrogen and oxygen atoms in total. The molecule has 10 heteroatoms. The second-order valence-corrected chi connectivity index (χ2v) is 13.2. The van der Waals surface area contributed by atoms with E-state index in [1.54, 1.807) is 29.7 Å². The molecule has 5 aromatic rings. The normalized spacial score (nSPS) is 16.0. The second kappa shape index (κ2) is 14.7. The first-order valence-electron chi connectivity index (χ1n) is 16.2. The Bertz CT molecular complexity index is 1780. The number of thiophene rings is 1. The molecule has 0 unspecified atom stereocenters. The van der Waals surface area contributed by atoms with E-state index in [1.165, 1.54) is 29.0 Å². The number of pyridine rings is 1. The number of hydrogen-bond donors (Lipinski definition) is 6. The van der Waals surface area contributed by atoms with Crippen LogP contribution in [-0.4, -0.2) is 44.9 Å². The van der Waals surface area contributed by atoms with E-state index in [9.17, 15) is 20.1 Å². The molecule has 0 radical (unpaired) electrons. The van der Waals surface area contributed by atoms with Crippen LogP contribution in [0.2, 0.25) is 0 Å². The lowest BCUT2D eigenvalue weighted by Gasteiger charge is -2.36. The highest BCUT2D eigenvalue weighted by Gasteiger charge is 2.44. The van der Waals surface area contributed by atoms with Gasteiger partial charge in [0.1, 0.15) is 11.5 Å². The van der Waals surface area contributed by atoms with Crippen LogP contribution in [0.1, 0.15) is 71.4 Å². The number of phenols is 1. The summed E-state index contributed by atoms with van der Waals surface area (Å²) in [6, 6.07) is 18.2. The number of aromatic amines is 1. The van der Waals surface area contributed by atoms with Gasteiger partial charge < -0.3 is 35.4 Å². The fourth-order valence-corrected chi connectivity index (χ4v) is 7.44. The van der Waals surface area contributed by atoms with Crippen LogP contribution < -0.4 is 16.2 Å². The van der Waals surface area contributed by atoms with Crippen molar-refractivity contribution >= 4 is 22.2 Å². The number of hydrogen-bond acceptors (Lipinski definition) is 9. The number of fused-ring (bicyclic) bond motifs is 1. The van der Waals surface area contributed by atoms with Crippen molar-refractivity contribution in [2.75, 3.05) is 19.6 Å². The number of aromatic nitrogens is 2. The number of H-pyrrole nitrogens is 1. The number of benzene rings is 2. The first-order chi connectivity index (χ1) is 22.4. The number of nitrogens with one attached hydrogen (secondary N) is 3. The summed E-state index contributed by atoms with van der Waals surface area (Å²) in [6.07, 6.45) is 7.86. The van der Waals surface area contributed by atoms with Gasteiger partial charge in [0, 0.05) is 48.3 Å². The maximum absolute atomic E-state index is 12.0. The van der Waals surface area contributed by atoms with Gasteiger partial charge in [-0.05, 0) is 66.1 Å². The lowest BCUT2D eigenvalue weighted by Crippen LogP contribution is -2.38. The van der Waals surface area contributed by atoms with E-state index in [4.69, 9.17) is 4.42 Å². The Morgan fingerprint density at radius 3 is 2.65 bits per heavy atom. The molecule has 46 heavy (non-hydrogen) atoms. The van der Waals surface area contributed by atoms with Crippen LogP contribution in [0.5, 0.6) is 5.75 Å². The first-order valence-corrected chi connectivity index (χ1v) is 17.0. The van der Waals surface area contributed by atoms with E-state index in [-0.39, 0.29) is 17.2 Å². The predicted molar refractivity (Wildman–Crippen MR) is 180 cm³/mol. The summed E-state index contributed by atoms with van der Waals surface area (Å²) < 4.78 is 6.20. The van der Waals surface area contributed by atoms with E-state index >= 15 is 0 Å². The summed E-state index contributed by atoms with van der Waals surface area (Å²) in [5.41, 5.74) is 1.55. The van der Waals surface area contributed by atoms with Gasteiger partial charge in [-0.3, -0.25) is 4.79 Å². The fourth-order valence-electron chi connectivity index (χ4n) is 6.55. The third-order valence-corrected chi connectivity index (χ3v) is 10.0. The van der Waals surface area contributed by atoms with Gasteiger partial charge in [0.15, 0.2) is 5.60 Å². The first kappa shape index (κ1) is 32.2. The third kappa shape index (κ3) is 7.27. The zero-order chi connectivity index (χ0) is 31.9. The number of phenolic OH excluding ortho intramolecular Hbond substituents is 1. The summed E-state index contributed by atoms with van der Waals surface area (Å²) in [4.78, 5) is 20.1. The van der Waals surface area contributed by atoms with Crippen molar-refractivity contribution in [3.8, 4) is 5.75 Å². The summed E-state index contributed by atoms with van der Waals surface area (Å²) in [5, 5.41) is 42.5. The largest absolute Gasteiger partial charge is 0.506 e. The Morgan fingerprint density at radius 2 is 1.83 bits per heavy atom. The maximum atomic E-state index is 12.0. The molecule has 0 bridgehead atoms. The van der Waals surface area contributed by atoms with E-state index in [0.29, 0.717) is 41.9 Å². The molecule has 1 saturated carbocycles. The van der Waals surface area contributed by atoms with Crippen molar-refractivity contribution in [2.24, 2.45) is 5.92 Å². The quantitative estimate of drug-likeness (QED) is 0.0897. The Balaban J connectivity index is 0.954. The molecular formula is C36H42N4O5S. The molecule has 242 valence electrons.